The van der Waals surface area contributed by atoms with E-state index < -0.39 is 0 Å². The summed E-state index contributed by atoms with van der Waals surface area (Å²) in [5.74, 6) is 0.974. The number of rotatable bonds is 3. The van der Waals surface area contributed by atoms with Crippen LogP contribution < -0.4 is 4.90 Å². The molecule has 3 rings (SSSR count). The van der Waals surface area contributed by atoms with Crippen molar-refractivity contribution in [2.24, 2.45) is 0 Å². The van der Waals surface area contributed by atoms with E-state index in [1.807, 2.05) is 41.3 Å². The van der Waals surface area contributed by atoms with Crippen LogP contribution in [0.25, 0.3) is 6.08 Å². The van der Waals surface area contributed by atoms with Gasteiger partial charge >= 0.3 is 0 Å². The molecule has 1 aromatic carbocycles. The summed E-state index contributed by atoms with van der Waals surface area (Å²) in [5, 5.41) is 0. The van der Waals surface area contributed by atoms with E-state index in [4.69, 9.17) is 0 Å². The van der Waals surface area contributed by atoms with Crippen LogP contribution in [-0.4, -0.2) is 45.7 Å². The molecule has 0 N–H and O–H groups in total. The van der Waals surface area contributed by atoms with E-state index in [0.717, 1.165) is 37.6 Å². The average molecular weight is 300 g/mol. The largest absolute Gasteiger partial charge is 0.351 e. The van der Waals surface area contributed by atoms with Crippen molar-refractivity contribution in [1.29, 1.82) is 0 Å². The molecule has 2 heterocycles. The van der Waals surface area contributed by atoms with Gasteiger partial charge in [0.2, 0.25) is 5.91 Å². The zero-order valence-corrected chi connectivity index (χ0v) is 12.4. The SMILES string of the molecule is O=C(C=Cc1ccccc1)N1CCN(c2cnsn2)CC1. The van der Waals surface area contributed by atoms with Crippen molar-refractivity contribution in [2.45, 2.75) is 0 Å². The second kappa shape index (κ2) is 6.49. The van der Waals surface area contributed by atoms with E-state index in [1.165, 1.54) is 11.7 Å². The quantitative estimate of drug-likeness (QED) is 0.812. The molecule has 21 heavy (non-hydrogen) atoms. The maximum atomic E-state index is 12.2. The summed E-state index contributed by atoms with van der Waals surface area (Å²) >= 11 is 1.21. The van der Waals surface area contributed by atoms with Crippen LogP contribution in [0.1, 0.15) is 5.56 Å². The highest BCUT2D eigenvalue weighted by atomic mass is 32.1. The van der Waals surface area contributed by atoms with Gasteiger partial charge in [0, 0.05) is 32.3 Å². The molecular weight excluding hydrogens is 284 g/mol. The number of carbonyl (C=O) groups is 1. The first kappa shape index (κ1) is 13.8. The molecule has 0 spiro atoms. The van der Waals surface area contributed by atoms with Crippen molar-refractivity contribution in [3.05, 3.63) is 48.2 Å². The summed E-state index contributed by atoms with van der Waals surface area (Å²) in [6.45, 7) is 3.04. The lowest BCUT2D eigenvalue weighted by Crippen LogP contribution is -2.48. The zero-order chi connectivity index (χ0) is 14.5. The summed E-state index contributed by atoms with van der Waals surface area (Å²) in [6, 6.07) is 9.86. The lowest BCUT2D eigenvalue weighted by Gasteiger charge is -2.34. The molecular formula is C15H16N4OS. The van der Waals surface area contributed by atoms with Gasteiger partial charge in [-0.15, -0.1) is 0 Å². The monoisotopic (exact) mass is 300 g/mol. The van der Waals surface area contributed by atoms with Crippen molar-refractivity contribution in [3.63, 3.8) is 0 Å². The molecule has 6 heteroatoms. The molecule has 1 aliphatic rings. The predicted molar refractivity (Wildman–Crippen MR) is 84.2 cm³/mol. The van der Waals surface area contributed by atoms with Crippen molar-refractivity contribution < 1.29 is 4.79 Å². The lowest BCUT2D eigenvalue weighted by atomic mass is 10.2. The maximum absolute atomic E-state index is 12.2. The Hall–Kier alpha value is -2.21. The molecule has 5 nitrogen and oxygen atoms in total. The number of anilines is 1. The Kier molecular flexibility index (Phi) is 4.25. The molecule has 1 saturated heterocycles. The Morgan fingerprint density at radius 1 is 1.14 bits per heavy atom. The van der Waals surface area contributed by atoms with Gasteiger partial charge in [0.15, 0.2) is 5.82 Å². The summed E-state index contributed by atoms with van der Waals surface area (Å²) in [6.07, 6.45) is 5.28. The van der Waals surface area contributed by atoms with Gasteiger partial charge in [-0.25, -0.2) is 0 Å². The average Bonchev–Trinajstić information content (AvgIpc) is 3.08. The predicted octanol–water partition coefficient (Wildman–Crippen LogP) is 1.90. The molecule has 1 amide bonds. The fraction of sp³-hybridized carbons (Fsp3) is 0.267. The fourth-order valence-corrected chi connectivity index (χ4v) is 2.73. The van der Waals surface area contributed by atoms with Crippen molar-refractivity contribution in [3.8, 4) is 0 Å². The molecule has 0 radical (unpaired) electrons. The third kappa shape index (κ3) is 3.46. The standard InChI is InChI=1S/C15H16N4OS/c20-15(7-6-13-4-2-1-3-5-13)19-10-8-18(9-11-19)14-12-16-21-17-14/h1-7,12H,8-11H2. The topological polar surface area (TPSA) is 49.3 Å². The number of hydrogen-bond donors (Lipinski definition) is 0. The fourth-order valence-electron chi connectivity index (χ4n) is 2.29. The van der Waals surface area contributed by atoms with Gasteiger partial charge in [-0.3, -0.25) is 4.79 Å². The first-order chi connectivity index (χ1) is 10.3. The molecule has 1 aromatic heterocycles. The number of hydrogen-bond acceptors (Lipinski definition) is 5. The number of nitrogens with zero attached hydrogens (tertiary/aromatic N) is 4. The molecule has 0 bridgehead atoms. The van der Waals surface area contributed by atoms with Crippen LogP contribution in [0.4, 0.5) is 5.82 Å². The van der Waals surface area contributed by atoms with E-state index in [9.17, 15) is 4.79 Å². The second-order valence-electron chi connectivity index (χ2n) is 4.82. The normalized spacial score (nSPS) is 15.6. The summed E-state index contributed by atoms with van der Waals surface area (Å²) in [7, 11) is 0. The molecule has 1 aliphatic heterocycles. The van der Waals surface area contributed by atoms with Gasteiger partial charge in [-0.05, 0) is 11.6 Å². The number of piperazine rings is 1. The number of benzene rings is 1. The molecule has 1 fully saturated rings. The molecule has 0 atom stereocenters. The van der Waals surface area contributed by atoms with E-state index >= 15 is 0 Å². The zero-order valence-electron chi connectivity index (χ0n) is 11.6. The first-order valence-corrected chi connectivity index (χ1v) is 7.60. The Balaban J connectivity index is 1.54. The van der Waals surface area contributed by atoms with Crippen LogP contribution in [-0.2, 0) is 4.79 Å². The Morgan fingerprint density at radius 3 is 2.57 bits per heavy atom. The van der Waals surface area contributed by atoms with Crippen LogP contribution in [0.2, 0.25) is 0 Å². The molecule has 108 valence electrons. The molecule has 2 aromatic rings. The number of aromatic nitrogens is 2. The van der Waals surface area contributed by atoms with Crippen LogP contribution in [0.3, 0.4) is 0 Å². The van der Waals surface area contributed by atoms with Crippen LogP contribution >= 0.6 is 11.7 Å². The highest BCUT2D eigenvalue weighted by Crippen LogP contribution is 2.13. The summed E-state index contributed by atoms with van der Waals surface area (Å²) in [5.41, 5.74) is 1.04. The second-order valence-corrected chi connectivity index (χ2v) is 5.38. The van der Waals surface area contributed by atoms with Crippen molar-refractivity contribution in [2.75, 3.05) is 31.1 Å². The minimum atomic E-state index is 0.0647. The Morgan fingerprint density at radius 2 is 1.90 bits per heavy atom. The minimum Gasteiger partial charge on any atom is -0.351 e. The molecule has 0 unspecified atom stereocenters. The van der Waals surface area contributed by atoms with Gasteiger partial charge in [0.05, 0.1) is 17.9 Å². The van der Waals surface area contributed by atoms with E-state index in [-0.39, 0.29) is 5.91 Å². The third-order valence-electron chi connectivity index (χ3n) is 3.48. The number of amides is 1. The van der Waals surface area contributed by atoms with Gasteiger partial charge in [0.1, 0.15) is 0 Å². The van der Waals surface area contributed by atoms with E-state index in [2.05, 4.69) is 13.6 Å². The van der Waals surface area contributed by atoms with Crippen LogP contribution in [0.5, 0.6) is 0 Å². The summed E-state index contributed by atoms with van der Waals surface area (Å²) in [4.78, 5) is 16.2. The third-order valence-corrected chi connectivity index (χ3v) is 3.95. The highest BCUT2D eigenvalue weighted by Gasteiger charge is 2.20. The number of carbonyl (C=O) groups excluding carboxylic acids is 1. The lowest BCUT2D eigenvalue weighted by molar-refractivity contribution is -0.126. The molecule has 0 aliphatic carbocycles. The molecule has 0 saturated carbocycles. The van der Waals surface area contributed by atoms with E-state index in [0.29, 0.717) is 0 Å². The highest BCUT2D eigenvalue weighted by molar-refractivity contribution is 6.99. The van der Waals surface area contributed by atoms with Gasteiger partial charge in [0.25, 0.3) is 0 Å². The minimum absolute atomic E-state index is 0.0647. The summed E-state index contributed by atoms with van der Waals surface area (Å²) < 4.78 is 8.24. The maximum Gasteiger partial charge on any atom is 0.246 e. The van der Waals surface area contributed by atoms with Crippen molar-refractivity contribution >= 4 is 29.5 Å². The smallest absolute Gasteiger partial charge is 0.246 e. The first-order valence-electron chi connectivity index (χ1n) is 6.87. The van der Waals surface area contributed by atoms with Crippen LogP contribution in [0.15, 0.2) is 42.6 Å². The Labute approximate surface area is 127 Å². The van der Waals surface area contributed by atoms with Gasteiger partial charge < -0.3 is 9.80 Å². The Bertz CT molecular complexity index is 604. The van der Waals surface area contributed by atoms with Gasteiger partial charge in [-0.2, -0.15) is 8.75 Å². The van der Waals surface area contributed by atoms with Crippen molar-refractivity contribution in [1.82, 2.24) is 13.6 Å². The van der Waals surface area contributed by atoms with Gasteiger partial charge in [-0.1, -0.05) is 30.3 Å². The van der Waals surface area contributed by atoms with Crippen LogP contribution in [0, 0.1) is 0 Å². The van der Waals surface area contributed by atoms with E-state index in [1.54, 1.807) is 12.3 Å².